The molecule has 1 aliphatic rings. The lowest BCUT2D eigenvalue weighted by Gasteiger charge is -2.29. The highest BCUT2D eigenvalue weighted by molar-refractivity contribution is 5.94. The number of H-pyrrole nitrogens is 1. The van der Waals surface area contributed by atoms with Crippen molar-refractivity contribution < 1.29 is 34.2 Å². The van der Waals surface area contributed by atoms with Crippen LogP contribution in [-0.4, -0.2) is 92.0 Å². The number of rotatable bonds is 15. The molecule has 2 rings (SSSR count). The van der Waals surface area contributed by atoms with Crippen molar-refractivity contribution in [1.82, 2.24) is 25.5 Å². The van der Waals surface area contributed by atoms with Crippen LogP contribution in [0.3, 0.4) is 0 Å². The molecule has 1 aromatic heterocycles. The number of carbonyl (C=O) groups excluding carboxylic acids is 3. The van der Waals surface area contributed by atoms with Crippen molar-refractivity contribution in [2.24, 2.45) is 11.5 Å². The van der Waals surface area contributed by atoms with Gasteiger partial charge in [-0.1, -0.05) is 6.42 Å². The van der Waals surface area contributed by atoms with E-state index in [0.29, 0.717) is 44.3 Å². The number of hydrogen-bond acceptors (Lipinski definition) is 8. The molecule has 0 saturated carbocycles. The summed E-state index contributed by atoms with van der Waals surface area (Å²) >= 11 is 0. The van der Waals surface area contributed by atoms with Crippen LogP contribution in [0.15, 0.2) is 12.5 Å². The summed E-state index contributed by atoms with van der Waals surface area (Å²) in [4.78, 5) is 69.5. The van der Waals surface area contributed by atoms with E-state index in [-0.39, 0.29) is 25.8 Å². The Morgan fingerprint density at radius 2 is 1.89 bits per heavy atom. The molecule has 4 unspecified atom stereocenters. The topological polar surface area (TPSA) is 234 Å². The summed E-state index contributed by atoms with van der Waals surface area (Å²) in [5.74, 6) is -4.25. The molecule has 0 radical (unpaired) electrons. The molecular weight excluding hydrogens is 474 g/mol. The van der Waals surface area contributed by atoms with E-state index in [2.05, 4.69) is 20.6 Å². The Balaban J connectivity index is 2.09. The van der Waals surface area contributed by atoms with E-state index in [0.717, 1.165) is 0 Å². The Hall–Kier alpha value is -3.52. The summed E-state index contributed by atoms with van der Waals surface area (Å²) in [6.45, 7) is 0.661. The summed E-state index contributed by atoms with van der Waals surface area (Å²) in [7, 11) is 0. The quantitative estimate of drug-likeness (QED) is 0.133. The minimum atomic E-state index is -1.25. The monoisotopic (exact) mass is 509 g/mol. The van der Waals surface area contributed by atoms with E-state index in [1.165, 1.54) is 17.4 Å². The molecule has 1 fully saturated rings. The molecule has 0 aliphatic carbocycles. The third kappa shape index (κ3) is 8.61. The summed E-state index contributed by atoms with van der Waals surface area (Å²) in [6, 6.07) is -4.29. The molecule has 0 bridgehead atoms. The van der Waals surface area contributed by atoms with Crippen LogP contribution in [0.4, 0.5) is 0 Å². The lowest BCUT2D eigenvalue weighted by molar-refractivity contribution is -0.145. The number of unbranched alkanes of at least 4 members (excludes halogenated alkanes) is 1. The van der Waals surface area contributed by atoms with Gasteiger partial charge in [-0.25, -0.2) is 9.78 Å². The van der Waals surface area contributed by atoms with Crippen molar-refractivity contribution in [3.63, 3.8) is 0 Å². The Morgan fingerprint density at radius 1 is 1.14 bits per heavy atom. The van der Waals surface area contributed by atoms with Gasteiger partial charge in [-0.15, -0.1) is 0 Å². The Labute approximate surface area is 208 Å². The molecule has 36 heavy (non-hydrogen) atoms. The van der Waals surface area contributed by atoms with Crippen LogP contribution < -0.4 is 22.1 Å². The maximum absolute atomic E-state index is 13.3. The third-order valence-electron chi connectivity index (χ3n) is 6.00. The van der Waals surface area contributed by atoms with Crippen molar-refractivity contribution in [1.29, 1.82) is 0 Å². The minimum Gasteiger partial charge on any atom is -0.481 e. The molecule has 14 heteroatoms. The molecule has 14 nitrogen and oxygen atoms in total. The van der Waals surface area contributed by atoms with E-state index in [9.17, 15) is 29.1 Å². The minimum absolute atomic E-state index is 0.0267. The summed E-state index contributed by atoms with van der Waals surface area (Å²) in [6.07, 6.45) is 4.69. The molecule has 4 atom stereocenters. The lowest BCUT2D eigenvalue weighted by atomic mass is 10.1. The fourth-order valence-corrected chi connectivity index (χ4v) is 4.03. The lowest BCUT2D eigenvalue weighted by Crippen LogP contribution is -2.57. The van der Waals surface area contributed by atoms with Gasteiger partial charge in [0.15, 0.2) is 0 Å². The number of carboxylic acid groups (broad SMARTS) is 2. The predicted octanol–water partition coefficient (Wildman–Crippen LogP) is -1.68. The zero-order valence-electron chi connectivity index (χ0n) is 20.0. The number of nitrogens with two attached hydrogens (primary N) is 2. The molecule has 2 heterocycles. The van der Waals surface area contributed by atoms with Crippen LogP contribution in [0.2, 0.25) is 0 Å². The van der Waals surface area contributed by atoms with Gasteiger partial charge in [-0.2, -0.15) is 0 Å². The summed E-state index contributed by atoms with van der Waals surface area (Å²) < 4.78 is 0. The van der Waals surface area contributed by atoms with E-state index < -0.39 is 53.8 Å². The Kier molecular flexibility index (Phi) is 11.3. The number of carboxylic acids is 2. The smallest absolute Gasteiger partial charge is 0.326 e. The zero-order valence-corrected chi connectivity index (χ0v) is 20.0. The number of carbonyl (C=O) groups is 5. The summed E-state index contributed by atoms with van der Waals surface area (Å²) in [5, 5.41) is 23.6. The van der Waals surface area contributed by atoms with Gasteiger partial charge in [-0.05, 0) is 38.6 Å². The number of aromatic amines is 1. The van der Waals surface area contributed by atoms with Crippen LogP contribution in [0.25, 0.3) is 0 Å². The molecule has 0 spiro atoms. The molecule has 200 valence electrons. The number of aliphatic carboxylic acids is 2. The molecule has 1 aromatic rings. The Morgan fingerprint density at radius 3 is 2.50 bits per heavy atom. The van der Waals surface area contributed by atoms with Crippen LogP contribution in [0.5, 0.6) is 0 Å². The zero-order chi connectivity index (χ0) is 26.7. The second-order valence-corrected chi connectivity index (χ2v) is 8.75. The van der Waals surface area contributed by atoms with Crippen molar-refractivity contribution in [3.05, 3.63) is 18.2 Å². The SMILES string of the molecule is NCCCCC(N)C(=O)NC(CCC(=O)O)C(=O)N1CCCC1C(=O)NC(Cc1cnc[nH]1)C(=O)O. The molecule has 3 amide bonds. The number of aromatic nitrogens is 2. The van der Waals surface area contributed by atoms with Crippen molar-refractivity contribution in [3.8, 4) is 0 Å². The molecule has 0 aromatic carbocycles. The van der Waals surface area contributed by atoms with Crippen molar-refractivity contribution in [2.75, 3.05) is 13.1 Å². The number of imidazole rings is 1. The van der Waals surface area contributed by atoms with Crippen molar-refractivity contribution in [2.45, 2.75) is 75.5 Å². The first-order chi connectivity index (χ1) is 17.1. The van der Waals surface area contributed by atoms with Crippen LogP contribution in [0.1, 0.15) is 50.6 Å². The number of amides is 3. The van der Waals surface area contributed by atoms with Gasteiger partial charge in [0.25, 0.3) is 0 Å². The van der Waals surface area contributed by atoms with Gasteiger partial charge in [0.2, 0.25) is 17.7 Å². The van der Waals surface area contributed by atoms with E-state index in [1.54, 1.807) is 0 Å². The standard InChI is InChI=1S/C22H35N7O7/c23-8-2-1-4-14(24)19(32)27-15(6-7-18(30)31)21(34)29-9-3-5-17(29)20(33)28-16(22(35)36)10-13-11-25-12-26-13/h11-12,14-17H,1-10,23-24H2,(H,25,26)(H,27,32)(H,28,33)(H,30,31)(H,35,36). The highest BCUT2D eigenvalue weighted by Gasteiger charge is 2.39. The summed E-state index contributed by atoms with van der Waals surface area (Å²) in [5.41, 5.74) is 11.9. The Bertz CT molecular complexity index is 909. The van der Waals surface area contributed by atoms with Gasteiger partial charge in [0, 0.05) is 31.3 Å². The predicted molar refractivity (Wildman–Crippen MR) is 126 cm³/mol. The second kappa shape index (κ2) is 14.1. The molecule has 1 saturated heterocycles. The maximum Gasteiger partial charge on any atom is 0.326 e. The van der Waals surface area contributed by atoms with E-state index in [1.807, 2.05) is 0 Å². The number of nitrogens with one attached hydrogen (secondary N) is 3. The highest BCUT2D eigenvalue weighted by atomic mass is 16.4. The van der Waals surface area contributed by atoms with Crippen molar-refractivity contribution >= 4 is 29.7 Å². The average molecular weight is 510 g/mol. The number of likely N-dealkylation sites (tertiary alicyclic amines) is 1. The van der Waals surface area contributed by atoms with Gasteiger partial charge in [0.1, 0.15) is 18.1 Å². The maximum atomic E-state index is 13.3. The van der Waals surface area contributed by atoms with Gasteiger partial charge in [0.05, 0.1) is 12.4 Å². The first-order valence-corrected chi connectivity index (χ1v) is 11.9. The van der Waals surface area contributed by atoms with E-state index >= 15 is 0 Å². The third-order valence-corrected chi connectivity index (χ3v) is 6.00. The fraction of sp³-hybridized carbons (Fsp3) is 0.636. The first kappa shape index (κ1) is 28.7. The van der Waals surface area contributed by atoms with Crippen LogP contribution >= 0.6 is 0 Å². The molecular formula is C22H35N7O7. The van der Waals surface area contributed by atoms with E-state index in [4.69, 9.17) is 16.6 Å². The molecule has 1 aliphatic heterocycles. The molecule has 9 N–H and O–H groups in total. The fourth-order valence-electron chi connectivity index (χ4n) is 4.03. The van der Waals surface area contributed by atoms with Gasteiger partial charge in [-0.3, -0.25) is 19.2 Å². The van der Waals surface area contributed by atoms with Gasteiger partial charge >= 0.3 is 11.9 Å². The number of nitrogens with zero attached hydrogens (tertiary/aromatic N) is 2. The highest BCUT2D eigenvalue weighted by Crippen LogP contribution is 2.20. The van der Waals surface area contributed by atoms with Crippen LogP contribution in [-0.2, 0) is 30.4 Å². The second-order valence-electron chi connectivity index (χ2n) is 8.75. The normalized spacial score (nSPS) is 17.7. The first-order valence-electron chi connectivity index (χ1n) is 11.9. The number of hydrogen-bond donors (Lipinski definition) is 7. The largest absolute Gasteiger partial charge is 0.481 e. The average Bonchev–Trinajstić information content (AvgIpc) is 3.52. The van der Waals surface area contributed by atoms with Gasteiger partial charge < -0.3 is 42.2 Å². The van der Waals surface area contributed by atoms with Crippen LogP contribution in [0, 0.1) is 0 Å².